The Hall–Kier alpha value is -0.0800. The van der Waals surface area contributed by atoms with Gasteiger partial charge >= 0.3 is 0 Å². The van der Waals surface area contributed by atoms with Crippen molar-refractivity contribution in [2.75, 3.05) is 20.1 Å². The summed E-state index contributed by atoms with van der Waals surface area (Å²) in [6.07, 6.45) is 6.92. The molecule has 0 aromatic rings. The van der Waals surface area contributed by atoms with Gasteiger partial charge in [-0.2, -0.15) is 0 Å². The number of hydrogen-bond donors (Lipinski definition) is 1. The van der Waals surface area contributed by atoms with E-state index in [0.29, 0.717) is 5.41 Å². The van der Waals surface area contributed by atoms with Crippen molar-refractivity contribution in [3.05, 3.63) is 0 Å². The highest BCUT2D eigenvalue weighted by Gasteiger charge is 2.30. The first-order valence-electron chi connectivity index (χ1n) is 6.50. The maximum absolute atomic E-state index is 3.86. The van der Waals surface area contributed by atoms with Crippen molar-refractivity contribution < 1.29 is 0 Å². The van der Waals surface area contributed by atoms with Crippen LogP contribution in [0.1, 0.15) is 46.0 Å². The molecule has 15 heavy (non-hydrogen) atoms. The number of likely N-dealkylation sites (tertiary alicyclic amines) is 1. The molecule has 1 saturated heterocycles. The van der Waals surface area contributed by atoms with Gasteiger partial charge in [-0.3, -0.25) is 0 Å². The van der Waals surface area contributed by atoms with Crippen LogP contribution in [-0.2, 0) is 0 Å². The van der Waals surface area contributed by atoms with Crippen LogP contribution >= 0.6 is 0 Å². The minimum Gasteiger partial charge on any atom is -0.310 e. The zero-order valence-corrected chi connectivity index (χ0v) is 10.6. The van der Waals surface area contributed by atoms with E-state index in [0.717, 1.165) is 12.1 Å². The molecule has 2 fully saturated rings. The Labute approximate surface area is 94.4 Å². The molecule has 2 atom stereocenters. The fraction of sp³-hybridized carbons (Fsp3) is 1.00. The third-order valence-electron chi connectivity index (χ3n) is 4.07. The summed E-state index contributed by atoms with van der Waals surface area (Å²) in [5, 5.41) is 3.86. The van der Waals surface area contributed by atoms with Gasteiger partial charge in [-0.05, 0) is 44.7 Å². The Morgan fingerprint density at radius 3 is 2.60 bits per heavy atom. The normalized spacial score (nSPS) is 37.0. The van der Waals surface area contributed by atoms with Gasteiger partial charge in [-0.1, -0.05) is 20.3 Å². The maximum Gasteiger partial charge on any atom is 0.0209 e. The maximum atomic E-state index is 3.86. The van der Waals surface area contributed by atoms with Gasteiger partial charge in [0.2, 0.25) is 0 Å². The molecule has 0 aromatic carbocycles. The summed E-state index contributed by atoms with van der Waals surface area (Å²) in [5.74, 6) is 0. The molecular weight excluding hydrogens is 184 g/mol. The molecule has 88 valence electrons. The van der Waals surface area contributed by atoms with Crippen LogP contribution in [0.3, 0.4) is 0 Å². The van der Waals surface area contributed by atoms with Crippen LogP contribution in [0, 0.1) is 5.41 Å². The summed E-state index contributed by atoms with van der Waals surface area (Å²) in [5.41, 5.74) is 0.570. The summed E-state index contributed by atoms with van der Waals surface area (Å²) < 4.78 is 0. The van der Waals surface area contributed by atoms with E-state index in [1.807, 2.05) is 0 Å². The van der Waals surface area contributed by atoms with Crippen molar-refractivity contribution in [3.8, 4) is 0 Å². The summed E-state index contributed by atoms with van der Waals surface area (Å²) in [4.78, 5) is 2.44. The molecule has 2 heteroatoms. The van der Waals surface area contributed by atoms with Crippen LogP contribution in [0.2, 0.25) is 0 Å². The van der Waals surface area contributed by atoms with Crippen molar-refractivity contribution in [1.29, 1.82) is 0 Å². The fourth-order valence-corrected chi connectivity index (χ4v) is 3.24. The molecule has 2 rings (SSSR count). The van der Waals surface area contributed by atoms with Crippen LogP contribution in [0.25, 0.3) is 0 Å². The first kappa shape index (κ1) is 11.4. The molecule has 0 aromatic heterocycles. The summed E-state index contributed by atoms with van der Waals surface area (Å²) in [6.45, 7) is 7.36. The number of rotatable bonds is 2. The van der Waals surface area contributed by atoms with Gasteiger partial charge in [0, 0.05) is 18.6 Å². The SMILES string of the molecule is CN1CC[C@H](N[C@@H]2CCCC(C)(C)C2)C1. The summed E-state index contributed by atoms with van der Waals surface area (Å²) in [7, 11) is 2.23. The molecular formula is C13H26N2. The van der Waals surface area contributed by atoms with E-state index in [-0.39, 0.29) is 0 Å². The number of likely N-dealkylation sites (N-methyl/N-ethyl adjacent to an activating group) is 1. The molecule has 2 aliphatic rings. The van der Waals surface area contributed by atoms with Crippen LogP contribution in [0.5, 0.6) is 0 Å². The lowest BCUT2D eigenvalue weighted by Crippen LogP contribution is -2.43. The van der Waals surface area contributed by atoms with Crippen LogP contribution in [0.4, 0.5) is 0 Å². The Kier molecular flexibility index (Phi) is 3.36. The van der Waals surface area contributed by atoms with Gasteiger partial charge < -0.3 is 10.2 Å². The molecule has 0 radical (unpaired) electrons. The first-order chi connectivity index (χ1) is 7.05. The van der Waals surface area contributed by atoms with Gasteiger partial charge in [0.05, 0.1) is 0 Å². The van der Waals surface area contributed by atoms with Gasteiger partial charge in [0.1, 0.15) is 0 Å². The largest absolute Gasteiger partial charge is 0.310 e. The average molecular weight is 210 g/mol. The van der Waals surface area contributed by atoms with E-state index in [1.54, 1.807) is 0 Å². The van der Waals surface area contributed by atoms with Crippen LogP contribution in [-0.4, -0.2) is 37.1 Å². The fourth-order valence-electron chi connectivity index (χ4n) is 3.24. The lowest BCUT2D eigenvalue weighted by molar-refractivity contribution is 0.189. The molecule has 1 heterocycles. The molecule has 1 aliphatic carbocycles. The molecule has 2 nitrogen and oxygen atoms in total. The van der Waals surface area contributed by atoms with E-state index in [9.17, 15) is 0 Å². The highest BCUT2D eigenvalue weighted by Crippen LogP contribution is 2.35. The van der Waals surface area contributed by atoms with E-state index in [2.05, 4.69) is 31.1 Å². The zero-order valence-electron chi connectivity index (χ0n) is 10.6. The van der Waals surface area contributed by atoms with Crippen molar-refractivity contribution in [2.45, 2.75) is 58.0 Å². The Bertz CT molecular complexity index is 213. The zero-order chi connectivity index (χ0) is 10.9. The molecule has 1 aliphatic heterocycles. The van der Waals surface area contributed by atoms with E-state index in [1.165, 1.54) is 45.2 Å². The lowest BCUT2D eigenvalue weighted by atomic mass is 9.75. The minimum absolute atomic E-state index is 0.570. The Balaban J connectivity index is 1.79. The van der Waals surface area contributed by atoms with Gasteiger partial charge in [0.15, 0.2) is 0 Å². The smallest absolute Gasteiger partial charge is 0.0209 e. The van der Waals surface area contributed by atoms with E-state index in [4.69, 9.17) is 0 Å². The monoisotopic (exact) mass is 210 g/mol. The van der Waals surface area contributed by atoms with Gasteiger partial charge in [-0.25, -0.2) is 0 Å². The van der Waals surface area contributed by atoms with Crippen molar-refractivity contribution in [3.63, 3.8) is 0 Å². The van der Waals surface area contributed by atoms with E-state index < -0.39 is 0 Å². The third-order valence-corrected chi connectivity index (χ3v) is 4.07. The quantitative estimate of drug-likeness (QED) is 0.752. The number of nitrogens with one attached hydrogen (secondary N) is 1. The van der Waals surface area contributed by atoms with Gasteiger partial charge in [0.25, 0.3) is 0 Å². The topological polar surface area (TPSA) is 15.3 Å². The predicted octanol–water partition coefficient (Wildman–Crippen LogP) is 2.25. The minimum atomic E-state index is 0.570. The molecule has 1 saturated carbocycles. The highest BCUT2D eigenvalue weighted by atomic mass is 15.2. The number of hydrogen-bond acceptors (Lipinski definition) is 2. The molecule has 0 spiro atoms. The first-order valence-corrected chi connectivity index (χ1v) is 6.50. The van der Waals surface area contributed by atoms with E-state index >= 15 is 0 Å². The Morgan fingerprint density at radius 1 is 1.20 bits per heavy atom. The summed E-state index contributed by atoms with van der Waals surface area (Å²) >= 11 is 0. The standard InChI is InChI=1S/C13H26N2/c1-13(2)7-4-5-11(9-13)14-12-6-8-15(3)10-12/h11-12,14H,4-10H2,1-3H3/t11-,12+/m1/s1. The highest BCUT2D eigenvalue weighted by molar-refractivity contribution is 4.88. The van der Waals surface area contributed by atoms with Crippen molar-refractivity contribution >= 4 is 0 Å². The van der Waals surface area contributed by atoms with Crippen LogP contribution < -0.4 is 5.32 Å². The number of nitrogens with zero attached hydrogens (tertiary/aromatic N) is 1. The second-order valence-electron chi connectivity index (χ2n) is 6.37. The van der Waals surface area contributed by atoms with Gasteiger partial charge in [-0.15, -0.1) is 0 Å². The molecule has 0 unspecified atom stereocenters. The Morgan fingerprint density at radius 2 is 2.00 bits per heavy atom. The van der Waals surface area contributed by atoms with Crippen molar-refractivity contribution in [1.82, 2.24) is 10.2 Å². The third kappa shape index (κ3) is 3.18. The molecule has 0 bridgehead atoms. The molecule has 0 amide bonds. The van der Waals surface area contributed by atoms with Crippen LogP contribution in [0.15, 0.2) is 0 Å². The molecule has 1 N–H and O–H groups in total. The summed E-state index contributed by atoms with van der Waals surface area (Å²) in [6, 6.07) is 1.54. The van der Waals surface area contributed by atoms with Crippen molar-refractivity contribution in [2.24, 2.45) is 5.41 Å². The second kappa shape index (κ2) is 4.42. The second-order valence-corrected chi connectivity index (χ2v) is 6.37. The predicted molar refractivity (Wildman–Crippen MR) is 65.1 cm³/mol. The lowest BCUT2D eigenvalue weighted by Gasteiger charge is -2.37. The average Bonchev–Trinajstić information content (AvgIpc) is 2.49.